The van der Waals surface area contributed by atoms with Crippen molar-refractivity contribution in [3.63, 3.8) is 0 Å². The summed E-state index contributed by atoms with van der Waals surface area (Å²) in [4.78, 5) is 11.2. The fourth-order valence-electron chi connectivity index (χ4n) is 1.29. The first-order valence-corrected chi connectivity index (χ1v) is 5.02. The van der Waals surface area contributed by atoms with Gasteiger partial charge in [-0.3, -0.25) is 0 Å². The molecular formula is C11H8F6O2. The summed E-state index contributed by atoms with van der Waals surface area (Å²) in [6.07, 6.45) is -9.97. The number of hydrogen-bond donors (Lipinski definition) is 0. The Bertz CT molecular complexity index is 443. The Balaban J connectivity index is 3.37. The van der Waals surface area contributed by atoms with Crippen LogP contribution in [0.4, 0.5) is 26.3 Å². The predicted octanol–water partition coefficient (Wildman–Crippen LogP) is 3.90. The summed E-state index contributed by atoms with van der Waals surface area (Å²) < 4.78 is 79.2. The Kier molecular flexibility index (Phi) is 4.12. The largest absolute Gasteiger partial charge is 0.462 e. The normalized spacial score (nSPS) is 12.4. The first-order valence-electron chi connectivity index (χ1n) is 5.02. The highest BCUT2D eigenvalue weighted by Gasteiger charge is 2.37. The second kappa shape index (κ2) is 5.10. The Morgan fingerprint density at radius 3 is 1.74 bits per heavy atom. The van der Waals surface area contributed by atoms with Crippen LogP contribution in [0.1, 0.15) is 28.4 Å². The maximum Gasteiger partial charge on any atom is 0.416 e. The van der Waals surface area contributed by atoms with Crippen LogP contribution in [0, 0.1) is 0 Å². The third kappa shape index (κ3) is 3.87. The van der Waals surface area contributed by atoms with E-state index < -0.39 is 35.0 Å². The zero-order chi connectivity index (χ0) is 14.8. The van der Waals surface area contributed by atoms with Gasteiger partial charge in [0, 0.05) is 0 Å². The smallest absolute Gasteiger partial charge is 0.416 e. The van der Waals surface area contributed by atoms with E-state index >= 15 is 0 Å². The van der Waals surface area contributed by atoms with E-state index in [0.29, 0.717) is 12.1 Å². The molecule has 2 nitrogen and oxygen atoms in total. The van der Waals surface area contributed by atoms with Crippen LogP contribution < -0.4 is 0 Å². The van der Waals surface area contributed by atoms with Crippen molar-refractivity contribution in [2.75, 3.05) is 6.61 Å². The van der Waals surface area contributed by atoms with Crippen LogP contribution in [0.15, 0.2) is 18.2 Å². The van der Waals surface area contributed by atoms with Crippen LogP contribution in [-0.2, 0) is 17.1 Å². The first kappa shape index (κ1) is 15.3. The Hall–Kier alpha value is -1.73. The molecule has 1 aromatic carbocycles. The molecule has 0 unspecified atom stereocenters. The highest BCUT2D eigenvalue weighted by molar-refractivity contribution is 5.90. The summed E-state index contributed by atoms with van der Waals surface area (Å²) in [5.74, 6) is -1.24. The third-order valence-electron chi connectivity index (χ3n) is 2.10. The highest BCUT2D eigenvalue weighted by atomic mass is 19.4. The van der Waals surface area contributed by atoms with Crippen LogP contribution in [0.5, 0.6) is 0 Å². The zero-order valence-corrected chi connectivity index (χ0v) is 9.52. The van der Waals surface area contributed by atoms with Gasteiger partial charge in [-0.2, -0.15) is 26.3 Å². The van der Waals surface area contributed by atoms with E-state index in [1.54, 1.807) is 0 Å². The predicted molar refractivity (Wildman–Crippen MR) is 52.4 cm³/mol. The van der Waals surface area contributed by atoms with Crippen molar-refractivity contribution in [2.24, 2.45) is 0 Å². The number of halogens is 6. The lowest BCUT2D eigenvalue weighted by atomic mass is 10.0. The van der Waals surface area contributed by atoms with Crippen LogP contribution in [0.3, 0.4) is 0 Å². The Labute approximate surface area is 104 Å². The van der Waals surface area contributed by atoms with Gasteiger partial charge in [0.05, 0.1) is 23.3 Å². The molecular weight excluding hydrogens is 278 g/mol. The van der Waals surface area contributed by atoms with Gasteiger partial charge < -0.3 is 4.74 Å². The van der Waals surface area contributed by atoms with E-state index in [1.165, 1.54) is 6.92 Å². The average molecular weight is 286 g/mol. The number of ether oxygens (including phenoxy) is 1. The van der Waals surface area contributed by atoms with Crippen molar-refractivity contribution in [2.45, 2.75) is 19.3 Å². The van der Waals surface area contributed by atoms with Crippen molar-refractivity contribution in [1.82, 2.24) is 0 Å². The van der Waals surface area contributed by atoms with Gasteiger partial charge in [0.2, 0.25) is 0 Å². The van der Waals surface area contributed by atoms with E-state index in [2.05, 4.69) is 4.74 Å². The number of hydrogen-bond acceptors (Lipinski definition) is 2. The number of carbonyl (C=O) groups is 1. The van der Waals surface area contributed by atoms with E-state index in [1.807, 2.05) is 0 Å². The zero-order valence-electron chi connectivity index (χ0n) is 9.52. The molecule has 0 N–H and O–H groups in total. The fraction of sp³-hybridized carbons (Fsp3) is 0.364. The maximum absolute atomic E-state index is 12.5. The molecule has 0 atom stereocenters. The summed E-state index contributed by atoms with van der Waals surface area (Å²) in [7, 11) is 0. The van der Waals surface area contributed by atoms with E-state index in [9.17, 15) is 31.1 Å². The van der Waals surface area contributed by atoms with Gasteiger partial charge in [0.15, 0.2) is 0 Å². The van der Waals surface area contributed by atoms with E-state index in [0.717, 1.165) is 0 Å². The Morgan fingerprint density at radius 1 is 1.00 bits per heavy atom. The van der Waals surface area contributed by atoms with Crippen molar-refractivity contribution >= 4 is 5.97 Å². The summed E-state index contributed by atoms with van der Waals surface area (Å²) in [6, 6.07) is 0.600. The molecule has 0 spiro atoms. The molecule has 1 rings (SSSR count). The van der Waals surface area contributed by atoms with Crippen LogP contribution in [-0.4, -0.2) is 12.6 Å². The molecule has 106 valence electrons. The number of benzene rings is 1. The van der Waals surface area contributed by atoms with Crippen LogP contribution in [0.2, 0.25) is 0 Å². The molecule has 0 aromatic heterocycles. The molecule has 0 fully saturated rings. The van der Waals surface area contributed by atoms with Crippen molar-refractivity contribution < 1.29 is 35.9 Å². The SMILES string of the molecule is CCOC(=O)c1cc(C(F)(F)F)cc(C(F)(F)F)c1. The minimum atomic E-state index is -4.98. The molecule has 0 heterocycles. The maximum atomic E-state index is 12.5. The standard InChI is InChI=1S/C11H8F6O2/c1-2-19-9(18)6-3-7(10(12,13)14)5-8(4-6)11(15,16)17/h3-5H,2H2,1H3. The fourth-order valence-corrected chi connectivity index (χ4v) is 1.29. The number of carbonyl (C=O) groups excluding carboxylic acids is 1. The van der Waals surface area contributed by atoms with Gasteiger partial charge in [0.1, 0.15) is 0 Å². The Morgan fingerprint density at radius 2 is 1.42 bits per heavy atom. The van der Waals surface area contributed by atoms with Crippen molar-refractivity contribution in [3.05, 3.63) is 34.9 Å². The van der Waals surface area contributed by atoms with Gasteiger partial charge in [0.25, 0.3) is 0 Å². The second-order valence-corrected chi connectivity index (χ2v) is 3.52. The van der Waals surface area contributed by atoms with Gasteiger partial charge in [-0.05, 0) is 25.1 Å². The lowest BCUT2D eigenvalue weighted by molar-refractivity contribution is -0.143. The molecule has 0 radical (unpaired) electrons. The summed E-state index contributed by atoms with van der Waals surface area (Å²) in [5, 5.41) is 0. The summed E-state index contributed by atoms with van der Waals surface area (Å²) >= 11 is 0. The summed E-state index contributed by atoms with van der Waals surface area (Å²) in [5.41, 5.74) is -3.89. The van der Waals surface area contributed by atoms with E-state index in [4.69, 9.17) is 0 Å². The first-order chi connectivity index (χ1) is 8.55. The second-order valence-electron chi connectivity index (χ2n) is 3.52. The van der Waals surface area contributed by atoms with Crippen LogP contribution >= 0.6 is 0 Å². The molecule has 19 heavy (non-hydrogen) atoms. The minimum Gasteiger partial charge on any atom is -0.462 e. The minimum absolute atomic E-state index is 0.0529. The van der Waals surface area contributed by atoms with Gasteiger partial charge in [-0.15, -0.1) is 0 Å². The van der Waals surface area contributed by atoms with Crippen molar-refractivity contribution in [1.29, 1.82) is 0 Å². The molecule has 0 saturated heterocycles. The molecule has 0 amide bonds. The molecule has 0 aliphatic rings. The quantitative estimate of drug-likeness (QED) is 0.609. The monoisotopic (exact) mass is 286 g/mol. The van der Waals surface area contributed by atoms with Crippen LogP contribution in [0.25, 0.3) is 0 Å². The summed E-state index contributed by atoms with van der Waals surface area (Å²) in [6.45, 7) is 1.23. The molecule has 0 aliphatic carbocycles. The molecule has 0 aliphatic heterocycles. The number of rotatable bonds is 2. The topological polar surface area (TPSA) is 26.3 Å². The third-order valence-corrected chi connectivity index (χ3v) is 2.10. The highest BCUT2D eigenvalue weighted by Crippen LogP contribution is 2.36. The van der Waals surface area contributed by atoms with Crippen molar-refractivity contribution in [3.8, 4) is 0 Å². The van der Waals surface area contributed by atoms with Gasteiger partial charge in [-0.1, -0.05) is 0 Å². The molecule has 1 aromatic rings. The number of alkyl halides is 6. The van der Waals surface area contributed by atoms with Gasteiger partial charge >= 0.3 is 18.3 Å². The lowest BCUT2D eigenvalue weighted by Gasteiger charge is -2.13. The van der Waals surface area contributed by atoms with E-state index in [-0.39, 0.29) is 12.7 Å². The number of esters is 1. The van der Waals surface area contributed by atoms with Gasteiger partial charge in [-0.25, -0.2) is 4.79 Å². The lowest BCUT2D eigenvalue weighted by Crippen LogP contribution is -2.14. The molecule has 8 heteroatoms. The molecule has 0 bridgehead atoms. The molecule has 0 saturated carbocycles. The average Bonchev–Trinajstić information content (AvgIpc) is 2.26.